The van der Waals surface area contributed by atoms with E-state index in [9.17, 15) is 9.59 Å². The fourth-order valence-corrected chi connectivity index (χ4v) is 2.52. The van der Waals surface area contributed by atoms with Gasteiger partial charge in [0.25, 0.3) is 0 Å². The van der Waals surface area contributed by atoms with Gasteiger partial charge in [0.2, 0.25) is 5.91 Å². The number of nitrogens with zero attached hydrogens (tertiary/aromatic N) is 1. The molecule has 2 rings (SSSR count). The second kappa shape index (κ2) is 7.22. The first-order valence-electron chi connectivity index (χ1n) is 7.25. The van der Waals surface area contributed by atoms with Crippen molar-refractivity contribution < 1.29 is 19.4 Å². The van der Waals surface area contributed by atoms with Gasteiger partial charge in [-0.25, -0.2) is 9.69 Å². The Bertz CT molecular complexity index is 488. The summed E-state index contributed by atoms with van der Waals surface area (Å²) in [5.41, 5.74) is 1.07. The predicted molar refractivity (Wildman–Crippen MR) is 77.6 cm³/mol. The number of rotatable bonds is 6. The maximum Gasteiger partial charge on any atom is 0.416 e. The van der Waals surface area contributed by atoms with Gasteiger partial charge in [-0.2, -0.15) is 0 Å². The molecule has 1 unspecified atom stereocenters. The summed E-state index contributed by atoms with van der Waals surface area (Å²) in [5.74, 6) is -0.173. The van der Waals surface area contributed by atoms with Gasteiger partial charge >= 0.3 is 6.09 Å². The van der Waals surface area contributed by atoms with Gasteiger partial charge in [-0.1, -0.05) is 37.3 Å². The van der Waals surface area contributed by atoms with E-state index in [4.69, 9.17) is 9.84 Å². The largest absolute Gasteiger partial charge is 0.447 e. The van der Waals surface area contributed by atoms with Crippen molar-refractivity contribution in [2.24, 2.45) is 5.92 Å². The van der Waals surface area contributed by atoms with Crippen molar-refractivity contribution in [3.63, 3.8) is 0 Å². The second-order valence-electron chi connectivity index (χ2n) is 5.51. The molecule has 2 atom stereocenters. The molecule has 1 fully saturated rings. The molecule has 1 aromatic carbocycles. The van der Waals surface area contributed by atoms with E-state index in [1.54, 1.807) is 0 Å². The number of carbonyl (C=O) groups is 2. The lowest BCUT2D eigenvalue weighted by Gasteiger charge is -2.21. The van der Waals surface area contributed by atoms with Crippen LogP contribution in [0.5, 0.6) is 0 Å². The van der Waals surface area contributed by atoms with Gasteiger partial charge in [0.15, 0.2) is 0 Å². The molecule has 5 heteroatoms. The summed E-state index contributed by atoms with van der Waals surface area (Å²) in [4.78, 5) is 25.3. The molecule has 0 radical (unpaired) electrons. The number of benzene rings is 1. The smallest absolute Gasteiger partial charge is 0.416 e. The SMILES string of the molecule is CC(CCO)CC(=O)N1C(=O)OC[C@@H]1Cc1ccccc1. The van der Waals surface area contributed by atoms with E-state index in [0.29, 0.717) is 12.8 Å². The molecule has 2 amide bonds. The van der Waals surface area contributed by atoms with Crippen LogP contribution in [0.4, 0.5) is 4.79 Å². The van der Waals surface area contributed by atoms with Crippen LogP contribution in [0.2, 0.25) is 0 Å². The van der Waals surface area contributed by atoms with Crippen LogP contribution in [0.15, 0.2) is 30.3 Å². The van der Waals surface area contributed by atoms with E-state index in [-0.39, 0.29) is 37.5 Å². The number of aliphatic hydroxyl groups is 1. The maximum atomic E-state index is 12.3. The highest BCUT2D eigenvalue weighted by molar-refractivity contribution is 5.93. The lowest BCUT2D eigenvalue weighted by molar-refractivity contribution is -0.130. The second-order valence-corrected chi connectivity index (χ2v) is 5.51. The number of amides is 2. The van der Waals surface area contributed by atoms with Crippen molar-refractivity contribution in [2.45, 2.75) is 32.2 Å². The van der Waals surface area contributed by atoms with Crippen LogP contribution in [0, 0.1) is 5.92 Å². The van der Waals surface area contributed by atoms with Crippen molar-refractivity contribution in [1.29, 1.82) is 0 Å². The van der Waals surface area contributed by atoms with E-state index < -0.39 is 6.09 Å². The minimum absolute atomic E-state index is 0.0480. The van der Waals surface area contributed by atoms with Crippen LogP contribution in [0.3, 0.4) is 0 Å². The molecule has 1 aromatic rings. The minimum atomic E-state index is -0.558. The molecule has 0 aliphatic carbocycles. The Morgan fingerprint density at radius 3 is 2.81 bits per heavy atom. The first-order chi connectivity index (χ1) is 10.1. The van der Waals surface area contributed by atoms with Gasteiger partial charge < -0.3 is 9.84 Å². The summed E-state index contributed by atoms with van der Waals surface area (Å²) in [5, 5.41) is 8.90. The molecular formula is C16H21NO4. The molecule has 114 valence electrons. The van der Waals surface area contributed by atoms with Gasteiger partial charge in [-0.3, -0.25) is 4.79 Å². The molecule has 1 saturated heterocycles. The third-order valence-electron chi connectivity index (χ3n) is 3.69. The Morgan fingerprint density at radius 2 is 2.14 bits per heavy atom. The Kier molecular flexibility index (Phi) is 5.33. The zero-order chi connectivity index (χ0) is 15.2. The quantitative estimate of drug-likeness (QED) is 0.870. The summed E-state index contributed by atoms with van der Waals surface area (Å²) in [6.07, 6.45) is 0.850. The fourth-order valence-electron chi connectivity index (χ4n) is 2.52. The van der Waals surface area contributed by atoms with Crippen LogP contribution in [0.1, 0.15) is 25.3 Å². The van der Waals surface area contributed by atoms with E-state index in [0.717, 1.165) is 5.56 Å². The first-order valence-corrected chi connectivity index (χ1v) is 7.25. The standard InChI is InChI=1S/C16H21NO4/c1-12(7-8-18)9-15(19)17-14(11-21-16(17)20)10-13-5-3-2-4-6-13/h2-6,12,14,18H,7-11H2,1H3/t12?,14-/m0/s1. The lowest BCUT2D eigenvalue weighted by atomic mass is 10.0. The molecule has 0 saturated carbocycles. The molecule has 1 aliphatic heterocycles. The van der Waals surface area contributed by atoms with E-state index in [1.165, 1.54) is 4.90 Å². The monoisotopic (exact) mass is 291 g/mol. The van der Waals surface area contributed by atoms with Crippen molar-refractivity contribution in [2.75, 3.05) is 13.2 Å². The molecular weight excluding hydrogens is 270 g/mol. The fraction of sp³-hybridized carbons (Fsp3) is 0.500. The van der Waals surface area contributed by atoms with Crippen molar-refractivity contribution in [3.05, 3.63) is 35.9 Å². The number of imide groups is 1. The van der Waals surface area contributed by atoms with Gasteiger partial charge in [0.1, 0.15) is 6.61 Å². The lowest BCUT2D eigenvalue weighted by Crippen LogP contribution is -2.40. The van der Waals surface area contributed by atoms with Gasteiger partial charge in [-0.05, 0) is 24.3 Å². The maximum absolute atomic E-state index is 12.3. The Morgan fingerprint density at radius 1 is 1.43 bits per heavy atom. The number of carbonyl (C=O) groups excluding carboxylic acids is 2. The average Bonchev–Trinajstić information content (AvgIpc) is 2.81. The minimum Gasteiger partial charge on any atom is -0.447 e. The zero-order valence-corrected chi connectivity index (χ0v) is 12.2. The highest BCUT2D eigenvalue weighted by Gasteiger charge is 2.37. The number of hydrogen-bond donors (Lipinski definition) is 1. The van der Waals surface area contributed by atoms with Crippen molar-refractivity contribution >= 4 is 12.0 Å². The van der Waals surface area contributed by atoms with Crippen LogP contribution in [-0.4, -0.2) is 41.3 Å². The molecule has 1 heterocycles. The van der Waals surface area contributed by atoms with Crippen LogP contribution < -0.4 is 0 Å². The van der Waals surface area contributed by atoms with Gasteiger partial charge in [0.05, 0.1) is 6.04 Å². The van der Waals surface area contributed by atoms with Crippen molar-refractivity contribution in [3.8, 4) is 0 Å². The molecule has 0 spiro atoms. The molecule has 0 aromatic heterocycles. The van der Waals surface area contributed by atoms with Crippen molar-refractivity contribution in [1.82, 2.24) is 4.90 Å². The Labute approximate surface area is 124 Å². The molecule has 21 heavy (non-hydrogen) atoms. The normalized spacial score (nSPS) is 19.4. The summed E-state index contributed by atoms with van der Waals surface area (Å²) < 4.78 is 5.03. The highest BCUT2D eigenvalue weighted by Crippen LogP contribution is 2.20. The zero-order valence-electron chi connectivity index (χ0n) is 12.2. The van der Waals surface area contributed by atoms with Gasteiger partial charge in [-0.15, -0.1) is 0 Å². The topological polar surface area (TPSA) is 66.8 Å². The van der Waals surface area contributed by atoms with E-state index >= 15 is 0 Å². The number of cyclic esters (lactones) is 1. The summed E-state index contributed by atoms with van der Waals surface area (Å²) in [6, 6.07) is 9.50. The summed E-state index contributed by atoms with van der Waals surface area (Å²) in [6.45, 7) is 2.18. The van der Waals surface area contributed by atoms with E-state index in [1.807, 2.05) is 37.3 Å². The van der Waals surface area contributed by atoms with Crippen LogP contribution in [-0.2, 0) is 16.0 Å². The third kappa shape index (κ3) is 4.04. The van der Waals surface area contributed by atoms with Crippen LogP contribution in [0.25, 0.3) is 0 Å². The predicted octanol–water partition coefficient (Wildman–Crippen LogP) is 1.99. The molecule has 0 bridgehead atoms. The Balaban J connectivity index is 2.01. The first kappa shape index (κ1) is 15.5. The average molecular weight is 291 g/mol. The van der Waals surface area contributed by atoms with Crippen LogP contribution >= 0.6 is 0 Å². The molecule has 5 nitrogen and oxygen atoms in total. The van der Waals surface area contributed by atoms with E-state index in [2.05, 4.69) is 0 Å². The third-order valence-corrected chi connectivity index (χ3v) is 3.69. The molecule has 1 aliphatic rings. The number of ether oxygens (including phenoxy) is 1. The summed E-state index contributed by atoms with van der Waals surface area (Å²) in [7, 11) is 0. The number of aliphatic hydroxyl groups excluding tert-OH is 1. The summed E-state index contributed by atoms with van der Waals surface area (Å²) >= 11 is 0. The van der Waals surface area contributed by atoms with Gasteiger partial charge in [0, 0.05) is 13.0 Å². The number of hydrogen-bond acceptors (Lipinski definition) is 4. The molecule has 1 N–H and O–H groups in total. The highest BCUT2D eigenvalue weighted by atomic mass is 16.6. The Hall–Kier alpha value is -1.88.